The molecule has 0 bridgehead atoms. The van der Waals surface area contributed by atoms with E-state index >= 15 is 0 Å². The molecule has 2 saturated heterocycles. The van der Waals surface area contributed by atoms with Gasteiger partial charge in [0, 0.05) is 23.1 Å². The molecule has 0 unspecified atom stereocenters. The molecule has 6 heteroatoms. The molecular weight excluding hydrogens is 531 g/mol. The predicted molar refractivity (Wildman–Crippen MR) is 145 cm³/mol. The van der Waals surface area contributed by atoms with Crippen molar-refractivity contribution in [2.75, 3.05) is 7.11 Å². The fourth-order valence-electron chi connectivity index (χ4n) is 5.96. The molecule has 0 N–H and O–H groups in total. The fraction of sp³-hybridized carbons (Fsp3) is 0.923. The van der Waals surface area contributed by atoms with Crippen molar-refractivity contribution in [2.45, 2.75) is 135 Å². The second-order valence-electron chi connectivity index (χ2n) is 12.3. The lowest BCUT2D eigenvalue weighted by Crippen LogP contribution is -2.66. The van der Waals surface area contributed by atoms with Crippen LogP contribution in [-0.4, -0.2) is 46.2 Å². The molecular formula is C26H49IO4Si. The molecule has 0 spiro atoms. The Kier molecular flexibility index (Phi) is 10.3. The van der Waals surface area contributed by atoms with Crippen molar-refractivity contribution in [3.63, 3.8) is 0 Å². The molecule has 2 rings (SSSR count). The Morgan fingerprint density at radius 1 is 1.06 bits per heavy atom. The van der Waals surface area contributed by atoms with Crippen LogP contribution in [0.4, 0.5) is 0 Å². The van der Waals surface area contributed by atoms with E-state index in [0.717, 1.165) is 32.1 Å². The first-order valence-electron chi connectivity index (χ1n) is 12.5. The summed E-state index contributed by atoms with van der Waals surface area (Å²) >= 11 is 2.31. The Morgan fingerprint density at radius 3 is 2.22 bits per heavy atom. The van der Waals surface area contributed by atoms with Gasteiger partial charge in [-0.05, 0) is 49.0 Å². The van der Waals surface area contributed by atoms with Gasteiger partial charge in [-0.25, -0.2) is 0 Å². The van der Waals surface area contributed by atoms with Crippen LogP contribution in [0.15, 0.2) is 10.2 Å². The molecule has 0 aromatic carbocycles. The van der Waals surface area contributed by atoms with Crippen molar-refractivity contribution >= 4 is 31.2 Å². The fourth-order valence-corrected chi connectivity index (χ4v) is 11.5. The monoisotopic (exact) mass is 580 g/mol. The zero-order valence-electron chi connectivity index (χ0n) is 22.2. The molecule has 7 atom stereocenters. The highest BCUT2D eigenvalue weighted by molar-refractivity contribution is 14.1. The largest absolute Gasteiger partial charge is 0.390 e. The Morgan fingerprint density at radius 2 is 1.69 bits per heavy atom. The highest BCUT2D eigenvalue weighted by Crippen LogP contribution is 2.56. The lowest BCUT2D eigenvalue weighted by molar-refractivity contribution is -0.109. The van der Waals surface area contributed by atoms with Gasteiger partial charge in [-0.1, -0.05) is 84.1 Å². The van der Waals surface area contributed by atoms with Crippen molar-refractivity contribution in [1.82, 2.24) is 0 Å². The third kappa shape index (κ3) is 6.59. The second kappa shape index (κ2) is 11.5. The topological polar surface area (TPSA) is 36.9 Å². The minimum Gasteiger partial charge on any atom is -0.390 e. The second-order valence-corrected chi connectivity index (χ2v) is 17.7. The summed E-state index contributed by atoms with van der Waals surface area (Å²) < 4.78 is 28.3. The summed E-state index contributed by atoms with van der Waals surface area (Å²) in [6, 6.07) is 0. The number of rotatable bonds is 7. The van der Waals surface area contributed by atoms with Crippen LogP contribution in [0.25, 0.3) is 0 Å². The van der Waals surface area contributed by atoms with Crippen LogP contribution < -0.4 is 0 Å². The Hall–Kier alpha value is 0.527. The predicted octanol–water partition coefficient (Wildman–Crippen LogP) is 7.79. The van der Waals surface area contributed by atoms with Gasteiger partial charge in [0.2, 0.25) is 0 Å². The van der Waals surface area contributed by atoms with Crippen LogP contribution in [-0.2, 0) is 18.3 Å². The number of hydrogen-bond donors (Lipinski definition) is 0. The van der Waals surface area contributed by atoms with Gasteiger partial charge < -0.3 is 18.3 Å². The summed E-state index contributed by atoms with van der Waals surface area (Å²) in [6.45, 7) is 20.8. The number of methoxy groups -OCH3 is 1. The molecule has 0 saturated carbocycles. The van der Waals surface area contributed by atoms with Crippen LogP contribution in [0.1, 0.15) is 94.4 Å². The zero-order valence-corrected chi connectivity index (χ0v) is 25.4. The van der Waals surface area contributed by atoms with Gasteiger partial charge in [0.1, 0.15) is 0 Å². The van der Waals surface area contributed by atoms with E-state index in [1.165, 1.54) is 0 Å². The van der Waals surface area contributed by atoms with Crippen molar-refractivity contribution in [3.05, 3.63) is 10.2 Å². The average molecular weight is 581 g/mol. The average Bonchev–Trinajstić information content (AvgIpc) is 2.69. The van der Waals surface area contributed by atoms with Crippen LogP contribution in [0.3, 0.4) is 0 Å². The summed E-state index contributed by atoms with van der Waals surface area (Å²) in [4.78, 5) is 0. The highest BCUT2D eigenvalue weighted by Gasteiger charge is 2.63. The van der Waals surface area contributed by atoms with E-state index in [1.54, 1.807) is 0 Å². The molecule has 0 aromatic heterocycles. The highest BCUT2D eigenvalue weighted by atomic mass is 127. The van der Waals surface area contributed by atoms with Gasteiger partial charge in [0.05, 0.1) is 30.5 Å². The van der Waals surface area contributed by atoms with Gasteiger partial charge in [-0.3, -0.25) is 0 Å². The summed E-state index contributed by atoms with van der Waals surface area (Å²) in [7, 11) is -0.724. The minimum atomic E-state index is -2.55. The molecule has 4 nitrogen and oxygen atoms in total. The van der Waals surface area contributed by atoms with E-state index in [4.69, 9.17) is 18.3 Å². The Balaban J connectivity index is 2.23. The molecule has 0 aliphatic carbocycles. The number of halogens is 1. The van der Waals surface area contributed by atoms with Gasteiger partial charge in [0.15, 0.2) is 0 Å². The lowest BCUT2D eigenvalue weighted by atomic mass is 9.84. The zero-order chi connectivity index (χ0) is 24.3. The molecule has 0 aromatic rings. The summed E-state index contributed by atoms with van der Waals surface area (Å²) in [5, 5.41) is -0.0213. The SMILES string of the molecule is CO[C@H]1C[C@H](CC[C@H](C)[C@@H]2O[Si](C(C)(C)C)(C(C)(C)C)O[C@@H](C/C=C/I)[C@H]2C)O[C@@H](C)C1. The van der Waals surface area contributed by atoms with Crippen LogP contribution in [0.5, 0.6) is 0 Å². The van der Waals surface area contributed by atoms with E-state index in [-0.39, 0.29) is 34.5 Å². The Labute approximate surface area is 213 Å². The van der Waals surface area contributed by atoms with Gasteiger partial charge in [-0.2, -0.15) is 0 Å². The van der Waals surface area contributed by atoms with Crippen molar-refractivity contribution in [3.8, 4) is 0 Å². The van der Waals surface area contributed by atoms with E-state index in [0.29, 0.717) is 17.9 Å². The normalized spacial score (nSPS) is 35.2. The molecule has 2 fully saturated rings. The van der Waals surface area contributed by atoms with Crippen molar-refractivity contribution in [2.24, 2.45) is 11.8 Å². The number of hydrogen-bond acceptors (Lipinski definition) is 4. The van der Waals surface area contributed by atoms with Gasteiger partial charge >= 0.3 is 8.56 Å². The first-order chi connectivity index (χ1) is 14.8. The maximum absolute atomic E-state index is 7.22. The van der Waals surface area contributed by atoms with E-state index in [9.17, 15) is 0 Å². The summed E-state index contributed by atoms with van der Waals surface area (Å²) in [5.41, 5.74) is 0. The summed E-state index contributed by atoms with van der Waals surface area (Å²) in [5.74, 6) is 0.819. The van der Waals surface area contributed by atoms with E-state index in [1.807, 2.05) is 7.11 Å². The smallest absolute Gasteiger partial charge is 0.349 e. The van der Waals surface area contributed by atoms with Crippen LogP contribution >= 0.6 is 22.6 Å². The molecule has 2 aliphatic rings. The first kappa shape index (κ1) is 28.8. The third-order valence-corrected chi connectivity index (χ3v) is 13.2. The molecule has 188 valence electrons. The third-order valence-electron chi connectivity index (χ3n) is 7.54. The van der Waals surface area contributed by atoms with Gasteiger partial charge in [0.25, 0.3) is 0 Å². The molecule has 2 heterocycles. The van der Waals surface area contributed by atoms with E-state index in [2.05, 4.69) is 95.1 Å². The summed E-state index contributed by atoms with van der Waals surface area (Å²) in [6.07, 6.45) is 8.68. The minimum absolute atomic E-state index is 0.0107. The number of ether oxygens (including phenoxy) is 2. The van der Waals surface area contributed by atoms with Gasteiger partial charge in [-0.15, -0.1) is 0 Å². The quantitative estimate of drug-likeness (QED) is 0.228. The maximum atomic E-state index is 7.22. The van der Waals surface area contributed by atoms with Crippen LogP contribution in [0.2, 0.25) is 10.1 Å². The van der Waals surface area contributed by atoms with Crippen LogP contribution in [0, 0.1) is 11.8 Å². The van der Waals surface area contributed by atoms with Crippen molar-refractivity contribution < 1.29 is 18.3 Å². The Bertz CT molecular complexity index is 598. The maximum Gasteiger partial charge on any atom is 0.349 e. The van der Waals surface area contributed by atoms with E-state index < -0.39 is 8.56 Å². The standard InChI is InChI=1S/C26H49IO4Si/c1-18(13-14-21-17-22(28-10)16-19(2)29-21)24-20(3)23(12-11-15-27)30-32(31-24,25(4,5)6)26(7,8)9/h11,15,18-24H,12-14,16-17H2,1-10H3/b15-11+/t18-,19-,20+,21-,22+,23-,24-/m0/s1. The molecule has 32 heavy (non-hydrogen) atoms. The van der Waals surface area contributed by atoms with Crippen molar-refractivity contribution in [1.29, 1.82) is 0 Å². The molecule has 0 amide bonds. The molecule has 2 aliphatic heterocycles. The lowest BCUT2D eigenvalue weighted by Gasteiger charge is -2.58. The molecule has 0 radical (unpaired) electrons. The first-order valence-corrected chi connectivity index (χ1v) is 15.6.